The summed E-state index contributed by atoms with van der Waals surface area (Å²) in [6, 6.07) is 14.1. The predicted octanol–water partition coefficient (Wildman–Crippen LogP) is 3.17. The Bertz CT molecular complexity index is 723. The van der Waals surface area contributed by atoms with Crippen LogP contribution in [0.2, 0.25) is 0 Å². The number of benzene rings is 2. The van der Waals surface area contributed by atoms with Crippen LogP contribution in [0.5, 0.6) is 0 Å². The number of amides is 2. The molecule has 0 bridgehead atoms. The van der Waals surface area contributed by atoms with Crippen LogP contribution in [0.4, 0.5) is 5.69 Å². The highest BCUT2D eigenvalue weighted by Crippen LogP contribution is 2.15. The average molecular weight is 389 g/mol. The van der Waals surface area contributed by atoms with E-state index in [2.05, 4.69) is 21.2 Å². The van der Waals surface area contributed by atoms with Gasteiger partial charge in [0.2, 0.25) is 0 Å². The number of carbonyl (C=O) groups is 2. The lowest BCUT2D eigenvalue weighted by molar-refractivity contribution is 0.0303. The average Bonchev–Trinajstić information content (AvgIpc) is 2.63. The first-order valence-electron chi connectivity index (χ1n) is 7.67. The summed E-state index contributed by atoms with van der Waals surface area (Å²) in [5.41, 5.74) is 1.84. The Hall–Kier alpha value is -2.18. The molecule has 3 rings (SSSR count). The molecule has 0 atom stereocenters. The molecule has 0 unspecified atom stereocenters. The Morgan fingerprint density at radius 3 is 2.12 bits per heavy atom. The van der Waals surface area contributed by atoms with Gasteiger partial charge in [-0.3, -0.25) is 9.59 Å². The fraction of sp³-hybridized carbons (Fsp3) is 0.222. The van der Waals surface area contributed by atoms with Crippen molar-refractivity contribution in [2.45, 2.75) is 0 Å². The number of nitrogens with one attached hydrogen (secondary N) is 1. The van der Waals surface area contributed by atoms with E-state index in [1.165, 1.54) is 0 Å². The minimum atomic E-state index is -0.185. The number of anilines is 1. The molecule has 24 heavy (non-hydrogen) atoms. The monoisotopic (exact) mass is 388 g/mol. The maximum absolute atomic E-state index is 12.4. The number of nitrogens with zero attached hydrogens (tertiary/aromatic N) is 1. The first-order valence-corrected chi connectivity index (χ1v) is 8.47. The Kier molecular flexibility index (Phi) is 5.27. The zero-order valence-corrected chi connectivity index (χ0v) is 14.6. The minimum absolute atomic E-state index is 0.0101. The Morgan fingerprint density at radius 1 is 0.917 bits per heavy atom. The van der Waals surface area contributed by atoms with E-state index >= 15 is 0 Å². The van der Waals surface area contributed by atoms with Crippen LogP contribution in [-0.2, 0) is 4.74 Å². The molecule has 1 saturated heterocycles. The van der Waals surface area contributed by atoms with E-state index in [4.69, 9.17) is 4.74 Å². The first-order chi connectivity index (χ1) is 11.6. The van der Waals surface area contributed by atoms with Crippen LogP contribution < -0.4 is 5.32 Å². The van der Waals surface area contributed by atoms with Crippen molar-refractivity contribution in [2.24, 2.45) is 0 Å². The summed E-state index contributed by atoms with van der Waals surface area (Å²) >= 11 is 3.34. The van der Waals surface area contributed by atoms with E-state index in [-0.39, 0.29) is 11.8 Å². The normalized spacial score (nSPS) is 14.3. The van der Waals surface area contributed by atoms with Crippen molar-refractivity contribution in [3.8, 4) is 0 Å². The molecule has 124 valence electrons. The van der Waals surface area contributed by atoms with Gasteiger partial charge in [-0.05, 0) is 48.5 Å². The predicted molar refractivity (Wildman–Crippen MR) is 95.3 cm³/mol. The molecule has 1 N–H and O–H groups in total. The molecular formula is C18H17BrN2O3. The van der Waals surface area contributed by atoms with Gasteiger partial charge in [0.15, 0.2) is 0 Å². The summed E-state index contributed by atoms with van der Waals surface area (Å²) in [7, 11) is 0. The van der Waals surface area contributed by atoms with Crippen molar-refractivity contribution in [3.05, 3.63) is 64.1 Å². The van der Waals surface area contributed by atoms with Gasteiger partial charge in [0, 0.05) is 34.4 Å². The van der Waals surface area contributed by atoms with Crippen LogP contribution >= 0.6 is 15.9 Å². The van der Waals surface area contributed by atoms with Crippen LogP contribution in [0.25, 0.3) is 0 Å². The zero-order valence-electron chi connectivity index (χ0n) is 13.0. The van der Waals surface area contributed by atoms with Crippen molar-refractivity contribution in [1.29, 1.82) is 0 Å². The van der Waals surface area contributed by atoms with Crippen LogP contribution in [0.15, 0.2) is 53.0 Å². The number of hydrogen-bond donors (Lipinski definition) is 1. The van der Waals surface area contributed by atoms with Gasteiger partial charge in [-0.2, -0.15) is 0 Å². The van der Waals surface area contributed by atoms with Crippen molar-refractivity contribution in [2.75, 3.05) is 31.6 Å². The molecule has 1 heterocycles. The number of ether oxygens (including phenoxy) is 1. The van der Waals surface area contributed by atoms with Crippen LogP contribution in [0.3, 0.4) is 0 Å². The minimum Gasteiger partial charge on any atom is -0.378 e. The molecule has 0 saturated carbocycles. The Balaban J connectivity index is 1.64. The van der Waals surface area contributed by atoms with E-state index in [0.29, 0.717) is 43.1 Å². The molecule has 5 nitrogen and oxygen atoms in total. The van der Waals surface area contributed by atoms with Gasteiger partial charge >= 0.3 is 0 Å². The van der Waals surface area contributed by atoms with Gasteiger partial charge in [0.05, 0.1) is 13.2 Å². The molecule has 6 heteroatoms. The third kappa shape index (κ3) is 4.01. The summed E-state index contributed by atoms with van der Waals surface area (Å²) in [5.74, 6) is -0.196. The molecule has 2 aromatic carbocycles. The van der Waals surface area contributed by atoms with Crippen molar-refractivity contribution in [1.82, 2.24) is 4.90 Å². The van der Waals surface area contributed by atoms with Crippen molar-refractivity contribution in [3.63, 3.8) is 0 Å². The smallest absolute Gasteiger partial charge is 0.255 e. The quantitative estimate of drug-likeness (QED) is 0.878. The SMILES string of the molecule is O=C(Nc1ccc(C(=O)N2CCOCC2)cc1)c1ccc(Br)cc1. The fourth-order valence-electron chi connectivity index (χ4n) is 2.45. The lowest BCUT2D eigenvalue weighted by atomic mass is 10.1. The number of carbonyl (C=O) groups excluding carboxylic acids is 2. The van der Waals surface area contributed by atoms with Gasteiger partial charge in [-0.15, -0.1) is 0 Å². The van der Waals surface area contributed by atoms with E-state index in [9.17, 15) is 9.59 Å². The molecule has 1 aliphatic rings. The molecule has 2 aromatic rings. The molecule has 1 fully saturated rings. The summed E-state index contributed by atoms with van der Waals surface area (Å²) in [6.45, 7) is 2.38. The largest absolute Gasteiger partial charge is 0.378 e. The van der Waals surface area contributed by atoms with E-state index in [0.717, 1.165) is 4.47 Å². The second kappa shape index (κ2) is 7.59. The molecule has 0 aliphatic carbocycles. The third-order valence-corrected chi connectivity index (χ3v) is 4.32. The number of morpholine rings is 1. The summed E-state index contributed by atoms with van der Waals surface area (Å²) in [6.07, 6.45) is 0. The highest BCUT2D eigenvalue weighted by molar-refractivity contribution is 9.10. The lowest BCUT2D eigenvalue weighted by Crippen LogP contribution is -2.40. The molecule has 0 spiro atoms. The second-order valence-corrected chi connectivity index (χ2v) is 6.36. The fourth-order valence-corrected chi connectivity index (χ4v) is 2.71. The summed E-state index contributed by atoms with van der Waals surface area (Å²) in [5, 5.41) is 2.82. The van der Waals surface area contributed by atoms with Crippen molar-refractivity contribution >= 4 is 33.4 Å². The maximum Gasteiger partial charge on any atom is 0.255 e. The molecule has 1 aliphatic heterocycles. The number of rotatable bonds is 3. The number of halogens is 1. The van der Waals surface area contributed by atoms with Crippen molar-refractivity contribution < 1.29 is 14.3 Å². The second-order valence-electron chi connectivity index (χ2n) is 5.44. The zero-order chi connectivity index (χ0) is 16.9. The van der Waals surface area contributed by atoms with Gasteiger partial charge in [-0.25, -0.2) is 0 Å². The van der Waals surface area contributed by atoms with Crippen LogP contribution in [0, 0.1) is 0 Å². The van der Waals surface area contributed by atoms with Gasteiger partial charge in [0.25, 0.3) is 11.8 Å². The standard InChI is InChI=1S/C18H17BrN2O3/c19-15-5-1-13(2-6-15)17(22)20-16-7-3-14(4-8-16)18(23)21-9-11-24-12-10-21/h1-8H,9-12H2,(H,20,22). The van der Waals surface area contributed by atoms with Gasteiger partial charge in [0.1, 0.15) is 0 Å². The lowest BCUT2D eigenvalue weighted by Gasteiger charge is -2.26. The number of hydrogen-bond acceptors (Lipinski definition) is 3. The van der Waals surface area contributed by atoms with E-state index < -0.39 is 0 Å². The van der Waals surface area contributed by atoms with Gasteiger partial charge in [-0.1, -0.05) is 15.9 Å². The van der Waals surface area contributed by atoms with Gasteiger partial charge < -0.3 is 15.0 Å². The van der Waals surface area contributed by atoms with Crippen LogP contribution in [0.1, 0.15) is 20.7 Å². The van der Waals surface area contributed by atoms with Crippen LogP contribution in [-0.4, -0.2) is 43.0 Å². The first kappa shape index (κ1) is 16.7. The Labute approximate surface area is 148 Å². The third-order valence-electron chi connectivity index (χ3n) is 3.79. The molecule has 0 radical (unpaired) electrons. The summed E-state index contributed by atoms with van der Waals surface area (Å²) < 4.78 is 6.17. The summed E-state index contributed by atoms with van der Waals surface area (Å²) in [4.78, 5) is 26.3. The molecular weight excluding hydrogens is 372 g/mol. The highest BCUT2D eigenvalue weighted by Gasteiger charge is 2.18. The maximum atomic E-state index is 12.4. The Morgan fingerprint density at radius 2 is 1.50 bits per heavy atom. The highest BCUT2D eigenvalue weighted by atomic mass is 79.9. The van der Waals surface area contributed by atoms with E-state index in [1.54, 1.807) is 41.3 Å². The van der Waals surface area contributed by atoms with E-state index in [1.807, 2.05) is 12.1 Å². The molecule has 2 amide bonds. The molecule has 0 aromatic heterocycles. The topological polar surface area (TPSA) is 58.6 Å².